The maximum atomic E-state index is 4.80. The molecule has 1 aliphatic carbocycles. The quantitative estimate of drug-likeness (QED) is 0.330. The molecule has 3 aromatic carbocycles. The van der Waals surface area contributed by atoms with Crippen LogP contribution >= 0.6 is 0 Å². The molecule has 5 aromatic rings. The van der Waals surface area contributed by atoms with E-state index < -0.39 is 0 Å². The highest BCUT2D eigenvalue weighted by molar-refractivity contribution is 6.12. The van der Waals surface area contributed by atoms with Crippen molar-refractivity contribution in [1.82, 2.24) is 9.97 Å². The van der Waals surface area contributed by atoms with Crippen molar-refractivity contribution in [2.75, 3.05) is 0 Å². The lowest BCUT2D eigenvalue weighted by atomic mass is 9.96. The molecule has 0 saturated carbocycles. The van der Waals surface area contributed by atoms with Crippen LogP contribution in [0.4, 0.5) is 0 Å². The molecule has 2 heterocycles. The molecule has 0 atom stereocenters. The maximum Gasteiger partial charge on any atom is 0.0723 e. The van der Waals surface area contributed by atoms with Gasteiger partial charge in [-0.25, -0.2) is 0 Å². The number of hydrogen-bond acceptors (Lipinski definition) is 1. The van der Waals surface area contributed by atoms with Gasteiger partial charge in [0.2, 0.25) is 0 Å². The lowest BCUT2D eigenvalue weighted by molar-refractivity contribution is 1.05. The first kappa shape index (κ1) is 17.9. The second-order valence-electron chi connectivity index (χ2n) is 8.07. The lowest BCUT2D eigenvalue weighted by Gasteiger charge is -2.09. The van der Waals surface area contributed by atoms with Crippen LogP contribution in [-0.2, 0) is 0 Å². The van der Waals surface area contributed by atoms with E-state index >= 15 is 0 Å². The number of aromatic amines is 1. The molecule has 1 N–H and O–H groups in total. The van der Waals surface area contributed by atoms with Crippen LogP contribution in [0.3, 0.4) is 0 Å². The zero-order chi connectivity index (χ0) is 20.6. The number of aromatic nitrogens is 2. The van der Waals surface area contributed by atoms with Crippen molar-refractivity contribution in [3.05, 3.63) is 109 Å². The number of rotatable bonds is 3. The average molecular weight is 399 g/mol. The van der Waals surface area contributed by atoms with Gasteiger partial charge in [0.25, 0.3) is 0 Å². The van der Waals surface area contributed by atoms with Crippen LogP contribution in [0.5, 0.6) is 0 Å². The van der Waals surface area contributed by atoms with Gasteiger partial charge in [0.05, 0.1) is 11.2 Å². The van der Waals surface area contributed by atoms with Gasteiger partial charge in [-0.2, -0.15) is 0 Å². The normalized spacial score (nSPS) is 13.6. The fourth-order valence-electron chi connectivity index (χ4n) is 4.53. The fourth-order valence-corrected chi connectivity index (χ4v) is 4.53. The number of fused-ring (bicyclic) bond motifs is 3. The Morgan fingerprint density at radius 2 is 1.65 bits per heavy atom. The summed E-state index contributed by atoms with van der Waals surface area (Å²) < 4.78 is 0. The van der Waals surface area contributed by atoms with Gasteiger partial charge < -0.3 is 4.98 Å². The van der Waals surface area contributed by atoms with E-state index in [0.717, 1.165) is 35.2 Å². The van der Waals surface area contributed by atoms with Crippen molar-refractivity contribution < 1.29 is 0 Å². The van der Waals surface area contributed by atoms with E-state index in [2.05, 4.69) is 96.0 Å². The summed E-state index contributed by atoms with van der Waals surface area (Å²) in [4.78, 5) is 8.45. The fraction of sp³-hybridized carbons (Fsp3) is 0.0690. The maximum absolute atomic E-state index is 4.80. The van der Waals surface area contributed by atoms with E-state index in [1.807, 2.05) is 12.3 Å². The van der Waals surface area contributed by atoms with Crippen LogP contribution in [0.1, 0.15) is 18.4 Å². The van der Waals surface area contributed by atoms with Gasteiger partial charge >= 0.3 is 0 Å². The topological polar surface area (TPSA) is 28.7 Å². The van der Waals surface area contributed by atoms with Crippen molar-refractivity contribution in [2.24, 2.45) is 0 Å². The van der Waals surface area contributed by atoms with E-state index in [0.29, 0.717) is 0 Å². The predicted octanol–water partition coefficient (Wildman–Crippen LogP) is 7.78. The SMILES string of the molecule is C1=CCCC(c2ccc3[nH]c4c(-c5ccc(-c6ccccc6)cn5)cccc4c3c2)=C1. The van der Waals surface area contributed by atoms with Crippen molar-refractivity contribution in [3.8, 4) is 22.4 Å². The van der Waals surface area contributed by atoms with E-state index in [9.17, 15) is 0 Å². The number of para-hydroxylation sites is 1. The van der Waals surface area contributed by atoms with Gasteiger partial charge in [-0.15, -0.1) is 0 Å². The molecule has 6 rings (SSSR count). The number of H-pyrrole nitrogens is 1. The average Bonchev–Trinajstić information content (AvgIpc) is 3.23. The minimum atomic E-state index is 0.984. The summed E-state index contributed by atoms with van der Waals surface area (Å²) in [6.45, 7) is 0. The molecule has 0 spiro atoms. The largest absolute Gasteiger partial charge is 0.354 e. The molecule has 2 aromatic heterocycles. The van der Waals surface area contributed by atoms with Gasteiger partial charge in [-0.05, 0) is 47.7 Å². The molecule has 2 heteroatoms. The Morgan fingerprint density at radius 1 is 0.742 bits per heavy atom. The molecule has 1 aliphatic rings. The smallest absolute Gasteiger partial charge is 0.0723 e. The molecular weight excluding hydrogens is 376 g/mol. The Hall–Kier alpha value is -3.91. The molecule has 148 valence electrons. The summed E-state index contributed by atoms with van der Waals surface area (Å²) in [5.74, 6) is 0. The first-order valence-corrected chi connectivity index (χ1v) is 10.8. The highest BCUT2D eigenvalue weighted by Crippen LogP contribution is 2.35. The Labute approximate surface area is 181 Å². The minimum absolute atomic E-state index is 0.984. The van der Waals surface area contributed by atoms with Gasteiger partial charge in [0, 0.05) is 33.6 Å². The molecule has 0 bridgehead atoms. The third-order valence-electron chi connectivity index (χ3n) is 6.17. The Balaban J connectivity index is 1.45. The van der Waals surface area contributed by atoms with Crippen LogP contribution < -0.4 is 0 Å². The van der Waals surface area contributed by atoms with Crippen molar-refractivity contribution in [1.29, 1.82) is 0 Å². The van der Waals surface area contributed by atoms with Crippen molar-refractivity contribution >= 4 is 27.4 Å². The number of nitrogens with zero attached hydrogens (tertiary/aromatic N) is 1. The van der Waals surface area contributed by atoms with Crippen LogP contribution in [0.25, 0.3) is 49.8 Å². The van der Waals surface area contributed by atoms with Gasteiger partial charge in [0.1, 0.15) is 0 Å². The predicted molar refractivity (Wildman–Crippen MR) is 131 cm³/mol. The first-order chi connectivity index (χ1) is 15.4. The summed E-state index contributed by atoms with van der Waals surface area (Å²) in [6.07, 6.45) is 10.8. The number of nitrogens with one attached hydrogen (secondary N) is 1. The second-order valence-corrected chi connectivity index (χ2v) is 8.07. The summed E-state index contributed by atoms with van der Waals surface area (Å²) >= 11 is 0. The van der Waals surface area contributed by atoms with Gasteiger partial charge in [-0.3, -0.25) is 4.98 Å². The summed E-state index contributed by atoms with van der Waals surface area (Å²) in [5, 5.41) is 2.51. The molecule has 2 nitrogen and oxygen atoms in total. The zero-order valence-electron chi connectivity index (χ0n) is 17.2. The number of hydrogen-bond donors (Lipinski definition) is 1. The lowest BCUT2D eigenvalue weighted by Crippen LogP contribution is -1.87. The van der Waals surface area contributed by atoms with Crippen LogP contribution in [0.15, 0.2) is 103 Å². The third kappa shape index (κ3) is 3.17. The molecule has 0 radical (unpaired) electrons. The molecule has 0 unspecified atom stereocenters. The van der Waals surface area contributed by atoms with E-state index in [4.69, 9.17) is 4.98 Å². The highest BCUT2D eigenvalue weighted by Gasteiger charge is 2.12. The minimum Gasteiger partial charge on any atom is -0.354 e. The number of allylic oxidation sites excluding steroid dienone is 4. The second kappa shape index (κ2) is 7.41. The molecule has 0 aliphatic heterocycles. The molecular formula is C29H22N2. The number of pyridine rings is 1. The van der Waals surface area contributed by atoms with Crippen molar-refractivity contribution in [3.63, 3.8) is 0 Å². The molecule has 0 saturated heterocycles. The zero-order valence-corrected chi connectivity index (χ0v) is 17.2. The van der Waals surface area contributed by atoms with Crippen LogP contribution in [0, 0.1) is 0 Å². The number of benzene rings is 3. The summed E-state index contributed by atoms with van der Waals surface area (Å²) in [6, 6.07) is 27.9. The molecule has 31 heavy (non-hydrogen) atoms. The Kier molecular flexibility index (Phi) is 4.28. The highest BCUT2D eigenvalue weighted by atomic mass is 14.7. The standard InChI is InChI=1S/C29H22N2/c1-3-8-20(9-4-1)22-14-17-28-26(18-22)24-12-7-13-25(29(24)31-28)27-16-15-23(19-30-27)21-10-5-2-6-11-21/h1-3,5-8,10-19,31H,4,9H2. The van der Waals surface area contributed by atoms with Gasteiger partial charge in [0.15, 0.2) is 0 Å². The van der Waals surface area contributed by atoms with Crippen molar-refractivity contribution in [2.45, 2.75) is 12.8 Å². The van der Waals surface area contributed by atoms with Crippen LogP contribution in [-0.4, -0.2) is 9.97 Å². The third-order valence-corrected chi connectivity index (χ3v) is 6.17. The van der Waals surface area contributed by atoms with E-state index in [-0.39, 0.29) is 0 Å². The van der Waals surface area contributed by atoms with Gasteiger partial charge in [-0.1, -0.05) is 78.9 Å². The Morgan fingerprint density at radius 3 is 2.45 bits per heavy atom. The Bertz CT molecular complexity index is 1450. The van der Waals surface area contributed by atoms with E-state index in [1.165, 1.54) is 33.0 Å². The van der Waals surface area contributed by atoms with E-state index in [1.54, 1.807) is 0 Å². The molecule has 0 fully saturated rings. The van der Waals surface area contributed by atoms with Crippen LogP contribution in [0.2, 0.25) is 0 Å². The summed E-state index contributed by atoms with van der Waals surface area (Å²) in [5.41, 5.74) is 9.47. The monoisotopic (exact) mass is 398 g/mol. The molecule has 0 amide bonds. The summed E-state index contributed by atoms with van der Waals surface area (Å²) in [7, 11) is 0. The first-order valence-electron chi connectivity index (χ1n) is 10.8.